The van der Waals surface area contributed by atoms with E-state index in [1.165, 1.54) is 17.9 Å². The second kappa shape index (κ2) is 7.18. The van der Waals surface area contributed by atoms with Crippen LogP contribution in [-0.2, 0) is 19.6 Å². The monoisotopic (exact) mass is 404 g/mol. The molecular formula is C20H24N2O5S. The lowest BCUT2D eigenvalue weighted by Crippen LogP contribution is -2.69. The van der Waals surface area contributed by atoms with Gasteiger partial charge in [0, 0.05) is 20.1 Å². The molecule has 2 aromatic rings. The molecule has 2 unspecified atom stereocenters. The number of carboxylic acid groups (broad SMARTS) is 1. The van der Waals surface area contributed by atoms with Gasteiger partial charge in [-0.1, -0.05) is 37.3 Å². The van der Waals surface area contributed by atoms with Crippen molar-refractivity contribution in [1.29, 1.82) is 0 Å². The normalized spacial score (nSPS) is 22.4. The Bertz CT molecular complexity index is 1040. The highest BCUT2D eigenvalue weighted by atomic mass is 32.2. The van der Waals surface area contributed by atoms with Gasteiger partial charge in [0.25, 0.3) is 0 Å². The number of amides is 1. The Kier molecular flexibility index (Phi) is 5.20. The Morgan fingerprint density at radius 2 is 1.82 bits per heavy atom. The highest BCUT2D eigenvalue weighted by Crippen LogP contribution is 2.37. The summed E-state index contributed by atoms with van der Waals surface area (Å²) in [6.07, 6.45) is 0.134. The molecule has 0 bridgehead atoms. The van der Waals surface area contributed by atoms with Crippen LogP contribution in [0.25, 0.3) is 10.8 Å². The standard InChI is InChI=1S/C20H24N2O5S/c1-4-17(18(23)24)20(2)19(25)21(3)11-12-22(20)28(26,27)16-10-9-14-7-5-6-8-15(14)13-16/h5-10,13,17H,4,11-12H2,1-3H3,(H,23,24). The molecule has 3 rings (SSSR count). The Morgan fingerprint density at radius 1 is 1.18 bits per heavy atom. The number of carbonyl (C=O) groups is 2. The van der Waals surface area contributed by atoms with Gasteiger partial charge < -0.3 is 10.0 Å². The quantitative estimate of drug-likeness (QED) is 0.824. The highest BCUT2D eigenvalue weighted by Gasteiger charge is 2.56. The maximum absolute atomic E-state index is 13.5. The maximum Gasteiger partial charge on any atom is 0.308 e. The van der Waals surface area contributed by atoms with Crippen molar-refractivity contribution in [2.75, 3.05) is 20.1 Å². The van der Waals surface area contributed by atoms with Crippen LogP contribution < -0.4 is 0 Å². The largest absolute Gasteiger partial charge is 0.481 e. The van der Waals surface area contributed by atoms with Crippen molar-refractivity contribution in [2.45, 2.75) is 30.7 Å². The van der Waals surface area contributed by atoms with Crippen LogP contribution in [-0.4, -0.2) is 60.3 Å². The molecule has 1 saturated heterocycles. The minimum atomic E-state index is -4.08. The van der Waals surface area contributed by atoms with Crippen LogP contribution in [0.3, 0.4) is 0 Å². The molecule has 150 valence electrons. The zero-order valence-corrected chi connectivity index (χ0v) is 16.9. The third kappa shape index (κ3) is 3.06. The predicted molar refractivity (Wildman–Crippen MR) is 105 cm³/mol. The molecule has 8 heteroatoms. The van der Waals surface area contributed by atoms with Crippen molar-refractivity contribution in [3.63, 3.8) is 0 Å². The molecule has 7 nitrogen and oxygen atoms in total. The molecule has 0 radical (unpaired) electrons. The van der Waals surface area contributed by atoms with Crippen molar-refractivity contribution in [1.82, 2.24) is 9.21 Å². The number of carbonyl (C=O) groups excluding carboxylic acids is 1. The van der Waals surface area contributed by atoms with E-state index in [1.54, 1.807) is 26.1 Å². The van der Waals surface area contributed by atoms with E-state index < -0.39 is 33.4 Å². The zero-order valence-electron chi connectivity index (χ0n) is 16.1. The first-order valence-electron chi connectivity index (χ1n) is 9.14. The van der Waals surface area contributed by atoms with E-state index in [9.17, 15) is 23.1 Å². The fraction of sp³-hybridized carbons (Fsp3) is 0.400. The van der Waals surface area contributed by atoms with Gasteiger partial charge in [0.15, 0.2) is 0 Å². The lowest BCUT2D eigenvalue weighted by molar-refractivity contribution is -0.159. The predicted octanol–water partition coefficient (Wildman–Crippen LogP) is 2.17. The van der Waals surface area contributed by atoms with E-state index in [4.69, 9.17) is 0 Å². The van der Waals surface area contributed by atoms with Crippen LogP contribution in [0.2, 0.25) is 0 Å². The summed E-state index contributed by atoms with van der Waals surface area (Å²) in [6, 6.07) is 12.2. The Morgan fingerprint density at radius 3 is 2.43 bits per heavy atom. The van der Waals surface area contributed by atoms with Crippen LogP contribution in [0.5, 0.6) is 0 Å². The molecule has 1 fully saturated rings. The number of piperazine rings is 1. The van der Waals surface area contributed by atoms with Gasteiger partial charge in [-0.25, -0.2) is 8.42 Å². The molecule has 0 saturated carbocycles. The summed E-state index contributed by atoms with van der Waals surface area (Å²) >= 11 is 0. The fourth-order valence-corrected chi connectivity index (χ4v) is 5.83. The molecule has 1 aliphatic heterocycles. The van der Waals surface area contributed by atoms with Crippen molar-refractivity contribution in [3.8, 4) is 0 Å². The van der Waals surface area contributed by atoms with Gasteiger partial charge in [-0.05, 0) is 36.2 Å². The molecule has 2 aromatic carbocycles. The first-order valence-corrected chi connectivity index (χ1v) is 10.6. The van der Waals surface area contributed by atoms with Gasteiger partial charge in [0.1, 0.15) is 5.54 Å². The second-order valence-electron chi connectivity index (χ2n) is 7.26. The van der Waals surface area contributed by atoms with Gasteiger partial charge in [0.2, 0.25) is 15.9 Å². The fourth-order valence-electron chi connectivity index (χ4n) is 4.03. The number of likely N-dealkylation sites (N-methyl/N-ethyl adjacent to an activating group) is 1. The van der Waals surface area contributed by atoms with E-state index in [0.29, 0.717) is 0 Å². The van der Waals surface area contributed by atoms with E-state index in [0.717, 1.165) is 15.1 Å². The molecule has 1 heterocycles. The first-order chi connectivity index (χ1) is 13.1. The highest BCUT2D eigenvalue weighted by molar-refractivity contribution is 7.89. The number of aliphatic carboxylic acids is 1. The van der Waals surface area contributed by atoms with E-state index in [1.807, 2.05) is 24.3 Å². The molecule has 1 N–H and O–H groups in total. The van der Waals surface area contributed by atoms with Crippen molar-refractivity contribution in [3.05, 3.63) is 42.5 Å². The number of hydrogen-bond donors (Lipinski definition) is 1. The maximum atomic E-state index is 13.5. The van der Waals surface area contributed by atoms with Gasteiger partial charge in [-0.3, -0.25) is 9.59 Å². The second-order valence-corrected chi connectivity index (χ2v) is 9.12. The summed E-state index contributed by atoms with van der Waals surface area (Å²) in [4.78, 5) is 26.3. The van der Waals surface area contributed by atoms with Gasteiger partial charge >= 0.3 is 5.97 Å². The summed E-state index contributed by atoms with van der Waals surface area (Å²) in [5, 5.41) is 11.4. The van der Waals surface area contributed by atoms with E-state index >= 15 is 0 Å². The molecule has 28 heavy (non-hydrogen) atoms. The summed E-state index contributed by atoms with van der Waals surface area (Å²) in [5.74, 6) is -2.84. The summed E-state index contributed by atoms with van der Waals surface area (Å²) in [5.41, 5.74) is -1.70. The minimum absolute atomic E-state index is 0.0394. The number of rotatable bonds is 5. The number of sulfonamides is 1. The lowest BCUT2D eigenvalue weighted by Gasteiger charge is -2.48. The summed E-state index contributed by atoms with van der Waals surface area (Å²) in [7, 11) is -2.52. The molecule has 0 spiro atoms. The van der Waals surface area contributed by atoms with E-state index in [2.05, 4.69) is 0 Å². The lowest BCUT2D eigenvalue weighted by atomic mass is 9.81. The topological polar surface area (TPSA) is 95.0 Å². The van der Waals surface area contributed by atoms with E-state index in [-0.39, 0.29) is 24.4 Å². The molecule has 1 amide bonds. The van der Waals surface area contributed by atoms with Crippen LogP contribution in [0.15, 0.2) is 47.4 Å². The van der Waals surface area contributed by atoms with Crippen LogP contribution in [0.4, 0.5) is 0 Å². The average molecular weight is 404 g/mol. The molecular weight excluding hydrogens is 380 g/mol. The molecule has 1 aliphatic rings. The Labute approximate surface area is 164 Å². The van der Waals surface area contributed by atoms with Crippen LogP contribution >= 0.6 is 0 Å². The van der Waals surface area contributed by atoms with Crippen molar-refractivity contribution < 1.29 is 23.1 Å². The van der Waals surface area contributed by atoms with Gasteiger partial charge in [0.05, 0.1) is 10.8 Å². The Balaban J connectivity index is 2.16. The van der Waals surface area contributed by atoms with Crippen LogP contribution in [0.1, 0.15) is 20.3 Å². The number of hydrogen-bond acceptors (Lipinski definition) is 4. The van der Waals surface area contributed by atoms with Crippen molar-refractivity contribution in [2.24, 2.45) is 5.92 Å². The molecule has 0 aliphatic carbocycles. The number of fused-ring (bicyclic) bond motifs is 1. The van der Waals surface area contributed by atoms with Gasteiger partial charge in [-0.15, -0.1) is 0 Å². The van der Waals surface area contributed by atoms with Crippen molar-refractivity contribution >= 4 is 32.7 Å². The van der Waals surface area contributed by atoms with Crippen LogP contribution in [0, 0.1) is 5.92 Å². The minimum Gasteiger partial charge on any atom is -0.481 e. The average Bonchev–Trinajstić information content (AvgIpc) is 2.65. The SMILES string of the molecule is CCC(C(=O)O)C1(C)C(=O)N(C)CCN1S(=O)(=O)c1ccc2ccccc2c1. The zero-order chi connectivity index (χ0) is 20.7. The summed E-state index contributed by atoms with van der Waals surface area (Å²) < 4.78 is 28.1. The number of nitrogens with zero attached hydrogens (tertiary/aromatic N) is 2. The van der Waals surface area contributed by atoms with Gasteiger partial charge in [-0.2, -0.15) is 4.31 Å². The molecule has 0 aromatic heterocycles. The number of benzene rings is 2. The molecule has 2 atom stereocenters. The number of carboxylic acids is 1. The first kappa shape index (κ1) is 20.3. The smallest absolute Gasteiger partial charge is 0.308 e. The summed E-state index contributed by atoms with van der Waals surface area (Å²) in [6.45, 7) is 3.31. The third-order valence-electron chi connectivity index (χ3n) is 5.63. The third-order valence-corrected chi connectivity index (χ3v) is 7.62. The Hall–Kier alpha value is -2.45.